The number of hydrogen-bond donors (Lipinski definition) is 0. The van der Waals surface area contributed by atoms with E-state index < -0.39 is 30.4 Å². The van der Waals surface area contributed by atoms with Crippen LogP contribution in [0.1, 0.15) is 45.0 Å². The van der Waals surface area contributed by atoms with Crippen molar-refractivity contribution in [3.63, 3.8) is 0 Å². The van der Waals surface area contributed by atoms with E-state index >= 15 is 0 Å². The zero-order valence-corrected chi connectivity index (χ0v) is 11.5. The van der Waals surface area contributed by atoms with E-state index in [1.807, 2.05) is 6.92 Å². The van der Waals surface area contributed by atoms with Crippen molar-refractivity contribution in [2.45, 2.75) is 52.1 Å². The van der Waals surface area contributed by atoms with Gasteiger partial charge in [-0.05, 0) is 0 Å². The highest BCUT2D eigenvalue weighted by atomic mass is 16.7. The maximum atomic E-state index is 11.1. The molecule has 110 valence electrons. The molecule has 8 nitrogen and oxygen atoms in total. The Bertz CT molecular complexity index is 500. The summed E-state index contributed by atoms with van der Waals surface area (Å²) < 4.78 is 20.7. The highest BCUT2D eigenvalue weighted by Crippen LogP contribution is 2.35. The second kappa shape index (κ2) is 6.00. The molecule has 8 heteroatoms. The van der Waals surface area contributed by atoms with E-state index in [1.165, 1.54) is 13.8 Å². The zero-order valence-electron chi connectivity index (χ0n) is 11.5. The van der Waals surface area contributed by atoms with Gasteiger partial charge in [-0.2, -0.15) is 4.98 Å². The Kier molecular flexibility index (Phi) is 4.33. The molecule has 1 fully saturated rings. The van der Waals surface area contributed by atoms with Crippen LogP contribution in [0, 0.1) is 0 Å². The molecule has 1 aromatic heterocycles. The Morgan fingerprint density at radius 2 is 2.00 bits per heavy atom. The Labute approximate surface area is 115 Å². The first kappa shape index (κ1) is 14.4. The van der Waals surface area contributed by atoms with Gasteiger partial charge in [0, 0.05) is 20.3 Å². The van der Waals surface area contributed by atoms with Crippen LogP contribution in [-0.2, 0) is 30.2 Å². The molecule has 20 heavy (non-hydrogen) atoms. The molecule has 3 atom stereocenters. The summed E-state index contributed by atoms with van der Waals surface area (Å²) in [5, 5.41) is 3.76. The summed E-state index contributed by atoms with van der Waals surface area (Å²) in [4.78, 5) is 26.2. The smallest absolute Gasteiger partial charge is 0.304 e. The van der Waals surface area contributed by atoms with E-state index in [9.17, 15) is 9.59 Å². The lowest BCUT2D eigenvalue weighted by molar-refractivity contribution is -0.176. The number of aromatic nitrogens is 2. The highest BCUT2D eigenvalue weighted by molar-refractivity contribution is 5.66. The third kappa shape index (κ3) is 3.32. The largest absolute Gasteiger partial charge is 0.459 e. The SMILES string of the molecule is CCc1noc([C@H]2O[C@@H](OC(C)=O)C[C@H]2OC(C)=O)n1. The fourth-order valence-corrected chi connectivity index (χ4v) is 1.95. The maximum absolute atomic E-state index is 11.1. The van der Waals surface area contributed by atoms with Crippen molar-refractivity contribution in [2.24, 2.45) is 0 Å². The maximum Gasteiger partial charge on any atom is 0.304 e. The first-order valence-corrected chi connectivity index (χ1v) is 6.32. The van der Waals surface area contributed by atoms with Crippen LogP contribution in [0.2, 0.25) is 0 Å². The summed E-state index contributed by atoms with van der Waals surface area (Å²) in [5.41, 5.74) is 0. The number of carbonyl (C=O) groups excluding carboxylic acids is 2. The van der Waals surface area contributed by atoms with Gasteiger partial charge in [0.15, 0.2) is 11.9 Å². The number of esters is 2. The van der Waals surface area contributed by atoms with Crippen molar-refractivity contribution in [3.05, 3.63) is 11.7 Å². The van der Waals surface area contributed by atoms with Gasteiger partial charge in [-0.15, -0.1) is 0 Å². The molecular weight excluding hydrogens is 268 g/mol. The molecule has 0 spiro atoms. The topological polar surface area (TPSA) is 101 Å². The van der Waals surface area contributed by atoms with Crippen LogP contribution in [0.15, 0.2) is 4.52 Å². The molecule has 1 aliphatic rings. The molecule has 0 aromatic carbocycles. The van der Waals surface area contributed by atoms with E-state index in [0.717, 1.165) is 0 Å². The van der Waals surface area contributed by atoms with Gasteiger partial charge < -0.3 is 18.7 Å². The van der Waals surface area contributed by atoms with Gasteiger partial charge in [0.1, 0.15) is 6.10 Å². The Morgan fingerprint density at radius 1 is 1.30 bits per heavy atom. The van der Waals surface area contributed by atoms with E-state index in [0.29, 0.717) is 12.2 Å². The third-order valence-electron chi connectivity index (χ3n) is 2.72. The van der Waals surface area contributed by atoms with Gasteiger partial charge in [-0.1, -0.05) is 12.1 Å². The van der Waals surface area contributed by atoms with E-state index in [4.69, 9.17) is 18.7 Å². The number of nitrogens with zero attached hydrogens (tertiary/aromatic N) is 2. The molecule has 0 unspecified atom stereocenters. The fourth-order valence-electron chi connectivity index (χ4n) is 1.95. The van der Waals surface area contributed by atoms with E-state index in [1.54, 1.807) is 0 Å². The van der Waals surface area contributed by atoms with Gasteiger partial charge >= 0.3 is 11.9 Å². The van der Waals surface area contributed by atoms with Gasteiger partial charge in [0.05, 0.1) is 6.42 Å². The molecule has 1 aliphatic heterocycles. The molecule has 2 heterocycles. The molecule has 0 N–H and O–H groups in total. The molecule has 0 aliphatic carbocycles. The molecule has 2 rings (SSSR count). The van der Waals surface area contributed by atoms with Crippen LogP contribution in [0.25, 0.3) is 0 Å². The quantitative estimate of drug-likeness (QED) is 0.752. The average Bonchev–Trinajstić information content (AvgIpc) is 2.94. The number of carbonyl (C=O) groups is 2. The molecule has 0 bridgehead atoms. The van der Waals surface area contributed by atoms with Gasteiger partial charge in [-0.3, -0.25) is 9.59 Å². The molecule has 0 radical (unpaired) electrons. The standard InChI is InChI=1S/C12H16N2O6/c1-4-9-13-12(20-14-9)11-8(17-6(2)15)5-10(19-11)18-7(3)16/h8,10-11H,4-5H2,1-3H3/t8-,10-,11+/m1/s1. The lowest BCUT2D eigenvalue weighted by atomic mass is 10.2. The minimum atomic E-state index is -0.793. The summed E-state index contributed by atoms with van der Waals surface area (Å²) in [7, 11) is 0. The number of ether oxygens (including phenoxy) is 3. The van der Waals surface area contributed by atoms with Crippen molar-refractivity contribution in [3.8, 4) is 0 Å². The van der Waals surface area contributed by atoms with Crippen LogP contribution >= 0.6 is 0 Å². The van der Waals surface area contributed by atoms with E-state index in [2.05, 4.69) is 10.1 Å². The Morgan fingerprint density at radius 3 is 2.55 bits per heavy atom. The predicted molar refractivity (Wildman–Crippen MR) is 63.2 cm³/mol. The second-order valence-electron chi connectivity index (χ2n) is 4.38. The lowest BCUT2D eigenvalue weighted by Gasteiger charge is -2.13. The van der Waals surface area contributed by atoms with Gasteiger partial charge in [-0.25, -0.2) is 0 Å². The van der Waals surface area contributed by atoms with Gasteiger partial charge in [0.2, 0.25) is 6.29 Å². The van der Waals surface area contributed by atoms with E-state index in [-0.39, 0.29) is 12.3 Å². The molecule has 0 amide bonds. The minimum Gasteiger partial charge on any atom is -0.459 e. The van der Waals surface area contributed by atoms with Crippen molar-refractivity contribution >= 4 is 11.9 Å². The average molecular weight is 284 g/mol. The van der Waals surface area contributed by atoms with Crippen molar-refractivity contribution in [2.75, 3.05) is 0 Å². The zero-order chi connectivity index (χ0) is 14.7. The minimum absolute atomic E-state index is 0.211. The summed E-state index contributed by atoms with van der Waals surface area (Å²) in [6.45, 7) is 4.45. The third-order valence-corrected chi connectivity index (χ3v) is 2.72. The number of aryl methyl sites for hydroxylation is 1. The monoisotopic (exact) mass is 284 g/mol. The number of rotatable bonds is 4. The Hall–Kier alpha value is -1.96. The summed E-state index contributed by atoms with van der Waals surface area (Å²) in [6, 6.07) is 0. The van der Waals surface area contributed by atoms with Crippen LogP contribution in [-0.4, -0.2) is 34.5 Å². The lowest BCUT2D eigenvalue weighted by Crippen LogP contribution is -2.20. The van der Waals surface area contributed by atoms with Crippen molar-refractivity contribution in [1.82, 2.24) is 10.1 Å². The molecule has 1 aromatic rings. The summed E-state index contributed by atoms with van der Waals surface area (Å²) in [5.74, 6) is -0.192. The second-order valence-corrected chi connectivity index (χ2v) is 4.38. The summed E-state index contributed by atoms with van der Waals surface area (Å²) >= 11 is 0. The number of hydrogen-bond acceptors (Lipinski definition) is 8. The van der Waals surface area contributed by atoms with Crippen LogP contribution in [0.5, 0.6) is 0 Å². The summed E-state index contributed by atoms with van der Waals surface area (Å²) in [6.07, 6.45) is -1.30. The van der Waals surface area contributed by atoms with Crippen LogP contribution < -0.4 is 0 Å². The van der Waals surface area contributed by atoms with Crippen LogP contribution in [0.4, 0.5) is 0 Å². The van der Waals surface area contributed by atoms with Crippen molar-refractivity contribution < 1.29 is 28.3 Å². The predicted octanol–water partition coefficient (Wildman–Crippen LogP) is 0.914. The van der Waals surface area contributed by atoms with Crippen molar-refractivity contribution in [1.29, 1.82) is 0 Å². The Balaban J connectivity index is 2.13. The normalized spacial score (nSPS) is 25.4. The first-order valence-electron chi connectivity index (χ1n) is 6.32. The highest BCUT2D eigenvalue weighted by Gasteiger charge is 2.43. The van der Waals surface area contributed by atoms with Gasteiger partial charge in [0.25, 0.3) is 5.89 Å². The molecule has 1 saturated heterocycles. The molecular formula is C12H16N2O6. The first-order chi connectivity index (χ1) is 9.49. The fraction of sp³-hybridized carbons (Fsp3) is 0.667. The molecule has 0 saturated carbocycles. The van der Waals surface area contributed by atoms with Crippen LogP contribution in [0.3, 0.4) is 0 Å².